The van der Waals surface area contributed by atoms with Gasteiger partial charge in [0.05, 0.1) is 0 Å². The summed E-state index contributed by atoms with van der Waals surface area (Å²) in [5.74, 6) is 0. The number of halogens is 1. The predicted molar refractivity (Wildman–Crippen MR) is 79.3 cm³/mol. The van der Waals surface area contributed by atoms with Gasteiger partial charge in [-0.1, -0.05) is 54.9 Å². The smallest absolute Gasteiger partial charge is 0.0426 e. The number of anilines is 1. The second kappa shape index (κ2) is 6.46. The maximum absolute atomic E-state index is 5.99. The fourth-order valence-electron chi connectivity index (χ4n) is 2.01. The summed E-state index contributed by atoms with van der Waals surface area (Å²) in [7, 11) is 0. The second-order valence-electron chi connectivity index (χ2n) is 4.45. The molecule has 94 valence electrons. The molecule has 0 saturated heterocycles. The van der Waals surface area contributed by atoms with Crippen LogP contribution in [-0.4, -0.2) is 6.04 Å². The highest BCUT2D eigenvalue weighted by molar-refractivity contribution is 6.30. The van der Waals surface area contributed by atoms with Crippen LogP contribution >= 0.6 is 11.6 Å². The van der Waals surface area contributed by atoms with Gasteiger partial charge in [-0.25, -0.2) is 0 Å². The molecule has 0 bridgehead atoms. The maximum Gasteiger partial charge on any atom is 0.0426 e. The van der Waals surface area contributed by atoms with Gasteiger partial charge >= 0.3 is 0 Å². The summed E-state index contributed by atoms with van der Waals surface area (Å²) in [6.07, 6.45) is 2.12. The first-order valence-electron chi connectivity index (χ1n) is 6.34. The molecule has 2 rings (SSSR count). The van der Waals surface area contributed by atoms with Crippen LogP contribution in [0.25, 0.3) is 0 Å². The molecule has 1 nitrogen and oxygen atoms in total. The molecule has 0 amide bonds. The minimum atomic E-state index is 0.436. The fraction of sp³-hybridized carbons (Fsp3) is 0.250. The van der Waals surface area contributed by atoms with Crippen molar-refractivity contribution in [2.75, 3.05) is 5.32 Å². The zero-order valence-corrected chi connectivity index (χ0v) is 11.3. The topological polar surface area (TPSA) is 12.0 Å². The molecule has 0 radical (unpaired) electrons. The molecular weight excluding hydrogens is 242 g/mol. The normalized spacial score (nSPS) is 12.1. The molecule has 0 heterocycles. The van der Waals surface area contributed by atoms with Gasteiger partial charge in [0.25, 0.3) is 0 Å². The SMILES string of the molecule is CCC(Cc1ccccc1)Nc1cccc(Cl)c1. The molecule has 0 aliphatic rings. The minimum absolute atomic E-state index is 0.436. The van der Waals surface area contributed by atoms with Crippen LogP contribution in [0.1, 0.15) is 18.9 Å². The van der Waals surface area contributed by atoms with Crippen molar-refractivity contribution in [1.82, 2.24) is 0 Å². The zero-order valence-electron chi connectivity index (χ0n) is 10.6. The molecule has 2 aromatic carbocycles. The van der Waals surface area contributed by atoms with Gasteiger partial charge in [-0.05, 0) is 36.6 Å². The Morgan fingerprint density at radius 3 is 2.50 bits per heavy atom. The first kappa shape index (κ1) is 13.0. The van der Waals surface area contributed by atoms with Gasteiger partial charge in [0.15, 0.2) is 0 Å². The zero-order chi connectivity index (χ0) is 12.8. The van der Waals surface area contributed by atoms with E-state index in [1.807, 2.05) is 18.2 Å². The molecule has 1 unspecified atom stereocenters. The van der Waals surface area contributed by atoms with Crippen LogP contribution in [-0.2, 0) is 6.42 Å². The van der Waals surface area contributed by atoms with Gasteiger partial charge in [0.2, 0.25) is 0 Å². The Labute approximate surface area is 114 Å². The number of rotatable bonds is 5. The van der Waals surface area contributed by atoms with Crippen LogP contribution in [0.5, 0.6) is 0 Å². The Morgan fingerprint density at radius 2 is 1.83 bits per heavy atom. The molecule has 0 aliphatic heterocycles. The molecule has 1 N–H and O–H groups in total. The third-order valence-corrected chi connectivity index (χ3v) is 3.25. The van der Waals surface area contributed by atoms with Crippen molar-refractivity contribution in [2.45, 2.75) is 25.8 Å². The van der Waals surface area contributed by atoms with Crippen LogP contribution in [0, 0.1) is 0 Å². The molecule has 0 fully saturated rings. The van der Waals surface area contributed by atoms with Crippen molar-refractivity contribution in [2.24, 2.45) is 0 Å². The monoisotopic (exact) mass is 259 g/mol. The van der Waals surface area contributed by atoms with Crippen molar-refractivity contribution in [3.05, 3.63) is 65.2 Å². The summed E-state index contributed by atoms with van der Waals surface area (Å²) >= 11 is 5.99. The molecular formula is C16H18ClN. The predicted octanol–water partition coefficient (Wildman–Crippen LogP) is 4.77. The lowest BCUT2D eigenvalue weighted by Crippen LogP contribution is -2.21. The van der Waals surface area contributed by atoms with Gasteiger partial charge in [-0.3, -0.25) is 0 Å². The highest BCUT2D eigenvalue weighted by Gasteiger charge is 2.07. The van der Waals surface area contributed by atoms with E-state index in [1.54, 1.807) is 0 Å². The van der Waals surface area contributed by atoms with E-state index in [2.05, 4.69) is 48.6 Å². The standard InChI is InChI=1S/C16H18ClN/c1-2-15(11-13-7-4-3-5-8-13)18-16-10-6-9-14(17)12-16/h3-10,12,15,18H,2,11H2,1H3. The molecule has 0 aliphatic carbocycles. The van der Waals surface area contributed by atoms with Gasteiger partial charge in [0, 0.05) is 16.8 Å². The first-order valence-corrected chi connectivity index (χ1v) is 6.71. The van der Waals surface area contributed by atoms with E-state index in [-0.39, 0.29) is 0 Å². The Kier molecular flexibility index (Phi) is 4.66. The Hall–Kier alpha value is -1.47. The van der Waals surface area contributed by atoms with E-state index in [9.17, 15) is 0 Å². The number of nitrogens with one attached hydrogen (secondary N) is 1. The molecule has 2 aromatic rings. The van der Waals surface area contributed by atoms with E-state index >= 15 is 0 Å². The van der Waals surface area contributed by atoms with Crippen LogP contribution in [0.4, 0.5) is 5.69 Å². The van der Waals surface area contributed by atoms with E-state index in [0.717, 1.165) is 23.6 Å². The molecule has 18 heavy (non-hydrogen) atoms. The van der Waals surface area contributed by atoms with E-state index in [1.165, 1.54) is 5.56 Å². The lowest BCUT2D eigenvalue weighted by Gasteiger charge is -2.18. The highest BCUT2D eigenvalue weighted by Crippen LogP contribution is 2.17. The minimum Gasteiger partial charge on any atom is -0.382 e. The van der Waals surface area contributed by atoms with Gasteiger partial charge in [-0.2, -0.15) is 0 Å². The van der Waals surface area contributed by atoms with E-state index in [4.69, 9.17) is 11.6 Å². The van der Waals surface area contributed by atoms with Crippen molar-refractivity contribution >= 4 is 17.3 Å². The molecule has 2 heteroatoms. The summed E-state index contributed by atoms with van der Waals surface area (Å²) in [5.41, 5.74) is 2.45. The second-order valence-corrected chi connectivity index (χ2v) is 4.89. The maximum atomic E-state index is 5.99. The van der Waals surface area contributed by atoms with Crippen molar-refractivity contribution < 1.29 is 0 Å². The largest absolute Gasteiger partial charge is 0.382 e. The van der Waals surface area contributed by atoms with E-state index in [0.29, 0.717) is 6.04 Å². The number of hydrogen-bond acceptors (Lipinski definition) is 1. The van der Waals surface area contributed by atoms with Crippen LogP contribution < -0.4 is 5.32 Å². The van der Waals surface area contributed by atoms with Gasteiger partial charge in [0.1, 0.15) is 0 Å². The third-order valence-electron chi connectivity index (χ3n) is 3.01. The number of benzene rings is 2. The lowest BCUT2D eigenvalue weighted by molar-refractivity contribution is 0.690. The van der Waals surface area contributed by atoms with Crippen molar-refractivity contribution in [3.8, 4) is 0 Å². The van der Waals surface area contributed by atoms with Crippen LogP contribution in [0.2, 0.25) is 5.02 Å². The Morgan fingerprint density at radius 1 is 1.06 bits per heavy atom. The average Bonchev–Trinajstić information content (AvgIpc) is 2.39. The summed E-state index contributed by atoms with van der Waals surface area (Å²) in [4.78, 5) is 0. The molecule has 1 atom stereocenters. The third kappa shape index (κ3) is 3.78. The van der Waals surface area contributed by atoms with Crippen molar-refractivity contribution in [1.29, 1.82) is 0 Å². The quantitative estimate of drug-likeness (QED) is 0.815. The molecule has 0 spiro atoms. The summed E-state index contributed by atoms with van der Waals surface area (Å²) in [6.45, 7) is 2.20. The summed E-state index contributed by atoms with van der Waals surface area (Å²) in [6, 6.07) is 18.9. The lowest BCUT2D eigenvalue weighted by atomic mass is 10.0. The summed E-state index contributed by atoms with van der Waals surface area (Å²) in [5, 5.41) is 4.31. The average molecular weight is 260 g/mol. The van der Waals surface area contributed by atoms with E-state index < -0.39 is 0 Å². The Balaban J connectivity index is 2.01. The Bertz CT molecular complexity index is 481. The summed E-state index contributed by atoms with van der Waals surface area (Å²) < 4.78 is 0. The number of hydrogen-bond donors (Lipinski definition) is 1. The highest BCUT2D eigenvalue weighted by atomic mass is 35.5. The van der Waals surface area contributed by atoms with Crippen LogP contribution in [0.3, 0.4) is 0 Å². The first-order chi connectivity index (χ1) is 8.78. The molecule has 0 saturated carbocycles. The van der Waals surface area contributed by atoms with Gasteiger partial charge < -0.3 is 5.32 Å². The van der Waals surface area contributed by atoms with Crippen molar-refractivity contribution in [3.63, 3.8) is 0 Å². The van der Waals surface area contributed by atoms with Crippen LogP contribution in [0.15, 0.2) is 54.6 Å². The fourth-order valence-corrected chi connectivity index (χ4v) is 2.20. The van der Waals surface area contributed by atoms with Gasteiger partial charge in [-0.15, -0.1) is 0 Å². The molecule has 0 aromatic heterocycles.